The number of aryl methyl sites for hydroxylation is 1. The summed E-state index contributed by atoms with van der Waals surface area (Å²) in [6.07, 6.45) is 0. The number of phenols is 1. The lowest BCUT2D eigenvalue weighted by Crippen LogP contribution is -1.96. The van der Waals surface area contributed by atoms with Crippen LogP contribution in [-0.4, -0.2) is 13.5 Å². The highest BCUT2D eigenvalue weighted by Crippen LogP contribution is 2.30. The average molecular weight is 232 g/mol. The molecule has 0 radical (unpaired) electrons. The molecule has 0 unspecified atom stereocenters. The highest BCUT2D eigenvalue weighted by atomic mass is 35.7. The molecule has 0 spiro atoms. The summed E-state index contributed by atoms with van der Waals surface area (Å²) in [4.78, 5) is -0.535. The first-order chi connectivity index (χ1) is 6.36. The molecule has 0 saturated heterocycles. The SMILES string of the molecule is Cc1cc(O)c(S(=O)(=O)Cl)c(C#N)c1. The number of hydrogen-bond acceptors (Lipinski definition) is 4. The van der Waals surface area contributed by atoms with Gasteiger partial charge in [0.15, 0.2) is 0 Å². The van der Waals surface area contributed by atoms with Crippen LogP contribution in [0.5, 0.6) is 5.75 Å². The van der Waals surface area contributed by atoms with Crippen LogP contribution < -0.4 is 0 Å². The van der Waals surface area contributed by atoms with Crippen LogP contribution in [0, 0.1) is 18.3 Å². The fourth-order valence-corrected chi connectivity index (χ4v) is 2.26. The largest absolute Gasteiger partial charge is 0.506 e. The Morgan fingerprint density at radius 3 is 2.50 bits per heavy atom. The molecule has 0 heterocycles. The summed E-state index contributed by atoms with van der Waals surface area (Å²) in [6.45, 7) is 1.63. The van der Waals surface area contributed by atoms with Crippen molar-refractivity contribution in [1.82, 2.24) is 0 Å². The molecular formula is C8H6ClNO3S. The molecule has 0 aromatic heterocycles. The number of aromatic hydroxyl groups is 1. The van der Waals surface area contributed by atoms with Crippen LogP contribution in [0.25, 0.3) is 0 Å². The molecule has 74 valence electrons. The van der Waals surface area contributed by atoms with Gasteiger partial charge in [-0.15, -0.1) is 0 Å². The Morgan fingerprint density at radius 2 is 2.07 bits per heavy atom. The summed E-state index contributed by atoms with van der Waals surface area (Å²) >= 11 is 0. The Morgan fingerprint density at radius 1 is 1.50 bits per heavy atom. The lowest BCUT2D eigenvalue weighted by atomic mass is 10.1. The summed E-state index contributed by atoms with van der Waals surface area (Å²) in [5.74, 6) is -0.503. The van der Waals surface area contributed by atoms with E-state index >= 15 is 0 Å². The average Bonchev–Trinajstić information content (AvgIpc) is 1.99. The van der Waals surface area contributed by atoms with Gasteiger partial charge in [0.05, 0.1) is 5.56 Å². The fraction of sp³-hybridized carbons (Fsp3) is 0.125. The van der Waals surface area contributed by atoms with E-state index in [-0.39, 0.29) is 5.56 Å². The minimum atomic E-state index is -4.09. The number of rotatable bonds is 1. The second-order valence-corrected chi connectivity index (χ2v) is 5.21. The lowest BCUT2D eigenvalue weighted by Gasteiger charge is -2.03. The number of halogens is 1. The van der Waals surface area contributed by atoms with Crippen molar-refractivity contribution in [2.75, 3.05) is 0 Å². The quantitative estimate of drug-likeness (QED) is 0.743. The number of phenolic OH excluding ortho intramolecular Hbond substituents is 1. The first kappa shape index (κ1) is 10.8. The van der Waals surface area contributed by atoms with E-state index in [2.05, 4.69) is 0 Å². The monoisotopic (exact) mass is 231 g/mol. The highest BCUT2D eigenvalue weighted by Gasteiger charge is 2.21. The molecule has 0 fully saturated rings. The van der Waals surface area contributed by atoms with Gasteiger partial charge >= 0.3 is 0 Å². The topological polar surface area (TPSA) is 78.2 Å². The second kappa shape index (κ2) is 3.48. The Bertz CT molecular complexity index is 516. The van der Waals surface area contributed by atoms with Gasteiger partial charge in [0.2, 0.25) is 0 Å². The summed E-state index contributed by atoms with van der Waals surface area (Å²) in [5, 5.41) is 18.0. The predicted octanol–water partition coefficient (Wildman–Crippen LogP) is 1.50. The second-order valence-electron chi connectivity index (χ2n) is 2.71. The van der Waals surface area contributed by atoms with Crippen molar-refractivity contribution in [1.29, 1.82) is 5.26 Å². The maximum Gasteiger partial charge on any atom is 0.266 e. The van der Waals surface area contributed by atoms with Crippen LogP contribution in [0.2, 0.25) is 0 Å². The number of benzene rings is 1. The predicted molar refractivity (Wildman–Crippen MR) is 50.6 cm³/mol. The van der Waals surface area contributed by atoms with Crippen molar-refractivity contribution in [2.24, 2.45) is 0 Å². The fourth-order valence-electron chi connectivity index (χ4n) is 1.09. The van der Waals surface area contributed by atoms with Gasteiger partial charge in [0.1, 0.15) is 16.7 Å². The van der Waals surface area contributed by atoms with Gasteiger partial charge in [-0.1, -0.05) is 0 Å². The van der Waals surface area contributed by atoms with E-state index in [1.165, 1.54) is 12.1 Å². The Balaban J connectivity index is 3.68. The van der Waals surface area contributed by atoms with Crippen molar-refractivity contribution in [3.63, 3.8) is 0 Å². The van der Waals surface area contributed by atoms with Gasteiger partial charge in [-0.2, -0.15) is 5.26 Å². The molecule has 14 heavy (non-hydrogen) atoms. The van der Waals surface area contributed by atoms with E-state index < -0.39 is 19.7 Å². The molecule has 0 saturated carbocycles. The standard InChI is InChI=1S/C8H6ClNO3S/c1-5-2-6(4-10)8(7(11)3-5)14(9,12)13/h2-3,11H,1H3. The van der Waals surface area contributed by atoms with Gasteiger partial charge in [0.25, 0.3) is 9.05 Å². The summed E-state index contributed by atoms with van der Waals surface area (Å²) in [7, 11) is 0.968. The van der Waals surface area contributed by atoms with Gasteiger partial charge in [-0.3, -0.25) is 0 Å². The molecular weight excluding hydrogens is 226 g/mol. The lowest BCUT2D eigenvalue weighted by molar-refractivity contribution is 0.458. The highest BCUT2D eigenvalue weighted by molar-refractivity contribution is 8.13. The molecule has 4 nitrogen and oxygen atoms in total. The number of nitriles is 1. The smallest absolute Gasteiger partial charge is 0.266 e. The van der Waals surface area contributed by atoms with Gasteiger partial charge in [0, 0.05) is 10.7 Å². The Labute approximate surface area is 85.8 Å². The van der Waals surface area contributed by atoms with Crippen LogP contribution >= 0.6 is 10.7 Å². The Hall–Kier alpha value is -1.25. The van der Waals surface area contributed by atoms with Crippen LogP contribution in [0.15, 0.2) is 17.0 Å². The van der Waals surface area contributed by atoms with Crippen molar-refractivity contribution >= 4 is 19.7 Å². The molecule has 1 aromatic rings. The molecule has 0 aliphatic carbocycles. The number of hydrogen-bond donors (Lipinski definition) is 1. The minimum absolute atomic E-state index is 0.155. The normalized spacial score (nSPS) is 10.9. The molecule has 0 aliphatic heterocycles. The Kier molecular flexibility index (Phi) is 2.69. The third-order valence-electron chi connectivity index (χ3n) is 1.58. The maximum atomic E-state index is 11.0. The van der Waals surface area contributed by atoms with E-state index in [9.17, 15) is 13.5 Å². The summed E-state index contributed by atoms with van der Waals surface area (Å²) < 4.78 is 22.0. The van der Waals surface area contributed by atoms with Gasteiger partial charge < -0.3 is 5.11 Å². The molecule has 0 bridgehead atoms. The van der Waals surface area contributed by atoms with Crippen molar-refractivity contribution in [2.45, 2.75) is 11.8 Å². The van der Waals surface area contributed by atoms with E-state index in [1.54, 1.807) is 13.0 Å². The summed E-state index contributed by atoms with van der Waals surface area (Å²) in [6, 6.07) is 4.23. The van der Waals surface area contributed by atoms with Crippen LogP contribution in [0.3, 0.4) is 0 Å². The summed E-state index contributed by atoms with van der Waals surface area (Å²) in [5.41, 5.74) is 0.431. The van der Waals surface area contributed by atoms with Crippen LogP contribution in [0.4, 0.5) is 0 Å². The van der Waals surface area contributed by atoms with E-state index in [4.69, 9.17) is 15.9 Å². The van der Waals surface area contributed by atoms with Crippen LogP contribution in [-0.2, 0) is 9.05 Å². The van der Waals surface area contributed by atoms with Gasteiger partial charge in [-0.05, 0) is 24.6 Å². The van der Waals surface area contributed by atoms with E-state index in [0.29, 0.717) is 5.56 Å². The van der Waals surface area contributed by atoms with Crippen molar-refractivity contribution < 1.29 is 13.5 Å². The molecule has 0 atom stereocenters. The van der Waals surface area contributed by atoms with Crippen molar-refractivity contribution in [3.05, 3.63) is 23.3 Å². The van der Waals surface area contributed by atoms with Crippen LogP contribution in [0.1, 0.15) is 11.1 Å². The third kappa shape index (κ3) is 1.97. The third-order valence-corrected chi connectivity index (χ3v) is 2.96. The molecule has 0 amide bonds. The first-order valence-electron chi connectivity index (χ1n) is 3.54. The molecule has 1 rings (SSSR count). The van der Waals surface area contributed by atoms with E-state index in [1.807, 2.05) is 0 Å². The molecule has 1 N–H and O–H groups in total. The van der Waals surface area contributed by atoms with Gasteiger partial charge in [-0.25, -0.2) is 8.42 Å². The molecule has 1 aromatic carbocycles. The first-order valence-corrected chi connectivity index (χ1v) is 5.85. The minimum Gasteiger partial charge on any atom is -0.506 e. The van der Waals surface area contributed by atoms with Crippen molar-refractivity contribution in [3.8, 4) is 11.8 Å². The molecule has 6 heteroatoms. The zero-order valence-electron chi connectivity index (χ0n) is 7.15. The van der Waals surface area contributed by atoms with E-state index in [0.717, 1.165) is 0 Å². The zero-order chi connectivity index (χ0) is 10.9. The number of nitrogens with zero attached hydrogens (tertiary/aromatic N) is 1. The zero-order valence-corrected chi connectivity index (χ0v) is 8.72. The maximum absolute atomic E-state index is 11.0. The molecule has 0 aliphatic rings.